The molecule has 12 heavy (non-hydrogen) atoms. The fraction of sp³-hybridized carbons (Fsp3) is 0.875. The van der Waals surface area contributed by atoms with Crippen LogP contribution in [0.15, 0.2) is 0 Å². The molecule has 0 bridgehead atoms. The van der Waals surface area contributed by atoms with Gasteiger partial charge in [0.05, 0.1) is 6.10 Å². The summed E-state index contributed by atoms with van der Waals surface area (Å²) in [5.41, 5.74) is 4.19. The van der Waals surface area contributed by atoms with E-state index in [2.05, 4.69) is 0 Å². The molecule has 1 rings (SSSR count). The third kappa shape index (κ3) is 1.59. The molecule has 0 heterocycles. The van der Waals surface area contributed by atoms with E-state index in [-0.39, 0.29) is 0 Å². The molecule has 0 aliphatic heterocycles. The molecule has 0 saturated heterocycles. The molecule has 0 aromatic carbocycles. The van der Waals surface area contributed by atoms with Crippen molar-refractivity contribution in [3.05, 3.63) is 0 Å². The summed E-state index contributed by atoms with van der Waals surface area (Å²) in [5, 5.41) is 18.3. The van der Waals surface area contributed by atoms with Crippen LogP contribution in [-0.2, 0) is 4.79 Å². The van der Waals surface area contributed by atoms with Crippen molar-refractivity contribution in [1.29, 1.82) is 0 Å². The van der Waals surface area contributed by atoms with Gasteiger partial charge in [0, 0.05) is 0 Å². The highest BCUT2D eigenvalue weighted by Crippen LogP contribution is 2.25. The van der Waals surface area contributed by atoms with Gasteiger partial charge < -0.3 is 15.9 Å². The van der Waals surface area contributed by atoms with Crippen LogP contribution < -0.4 is 5.73 Å². The first-order valence-electron chi connectivity index (χ1n) is 4.28. The quantitative estimate of drug-likeness (QED) is 0.491. The van der Waals surface area contributed by atoms with Gasteiger partial charge in [-0.05, 0) is 12.8 Å². The predicted octanol–water partition coefficient (Wildman–Crippen LogP) is 0.0935. The van der Waals surface area contributed by atoms with E-state index in [0.717, 1.165) is 19.3 Å². The van der Waals surface area contributed by atoms with Gasteiger partial charge in [-0.3, -0.25) is 4.79 Å². The summed E-state index contributed by atoms with van der Waals surface area (Å²) in [7, 11) is 0. The summed E-state index contributed by atoms with van der Waals surface area (Å²) in [6.07, 6.45) is 2.61. The minimum absolute atomic E-state index is 0.378. The molecule has 70 valence electrons. The SMILES string of the molecule is N[C@]1(C(=O)O)CCCCC[C@@H]1O. The molecule has 2 atom stereocenters. The first kappa shape index (κ1) is 9.48. The second kappa shape index (κ2) is 3.41. The topological polar surface area (TPSA) is 83.6 Å². The zero-order valence-electron chi connectivity index (χ0n) is 6.99. The molecule has 0 spiro atoms. The van der Waals surface area contributed by atoms with Crippen molar-refractivity contribution in [3.8, 4) is 0 Å². The first-order valence-corrected chi connectivity index (χ1v) is 4.28. The highest BCUT2D eigenvalue weighted by Gasteiger charge is 2.41. The molecule has 0 aromatic rings. The summed E-state index contributed by atoms with van der Waals surface area (Å²) < 4.78 is 0. The van der Waals surface area contributed by atoms with Gasteiger partial charge in [0.1, 0.15) is 5.54 Å². The van der Waals surface area contributed by atoms with Crippen molar-refractivity contribution in [3.63, 3.8) is 0 Å². The third-order valence-corrected chi connectivity index (χ3v) is 2.56. The van der Waals surface area contributed by atoms with Gasteiger partial charge in [0.2, 0.25) is 0 Å². The number of carboxylic acids is 1. The molecule has 1 saturated carbocycles. The van der Waals surface area contributed by atoms with Gasteiger partial charge in [-0.2, -0.15) is 0 Å². The first-order chi connectivity index (χ1) is 5.57. The Morgan fingerprint density at radius 1 is 1.42 bits per heavy atom. The van der Waals surface area contributed by atoms with Gasteiger partial charge in [-0.1, -0.05) is 19.3 Å². The van der Waals surface area contributed by atoms with Crippen LogP contribution in [0.3, 0.4) is 0 Å². The van der Waals surface area contributed by atoms with Gasteiger partial charge in [-0.15, -0.1) is 0 Å². The van der Waals surface area contributed by atoms with E-state index in [4.69, 9.17) is 10.8 Å². The molecule has 0 amide bonds. The molecule has 0 unspecified atom stereocenters. The Labute approximate surface area is 71.4 Å². The van der Waals surface area contributed by atoms with Crippen LogP contribution in [0.1, 0.15) is 32.1 Å². The summed E-state index contributed by atoms with van der Waals surface area (Å²) in [5.74, 6) is -1.09. The number of carboxylic acid groups (broad SMARTS) is 1. The van der Waals surface area contributed by atoms with E-state index in [0.29, 0.717) is 12.8 Å². The second-order valence-electron chi connectivity index (χ2n) is 3.46. The lowest BCUT2D eigenvalue weighted by atomic mass is 9.89. The lowest BCUT2D eigenvalue weighted by Gasteiger charge is -2.27. The number of nitrogens with two attached hydrogens (primary N) is 1. The molecule has 4 nitrogen and oxygen atoms in total. The van der Waals surface area contributed by atoms with Crippen molar-refractivity contribution in [2.45, 2.75) is 43.7 Å². The van der Waals surface area contributed by atoms with Crippen molar-refractivity contribution < 1.29 is 15.0 Å². The van der Waals surface area contributed by atoms with E-state index in [9.17, 15) is 9.90 Å². The van der Waals surface area contributed by atoms with E-state index in [1.807, 2.05) is 0 Å². The van der Waals surface area contributed by atoms with Gasteiger partial charge >= 0.3 is 5.97 Å². The number of hydrogen-bond acceptors (Lipinski definition) is 3. The number of rotatable bonds is 1. The molecule has 4 heteroatoms. The van der Waals surface area contributed by atoms with E-state index in [1.54, 1.807) is 0 Å². The van der Waals surface area contributed by atoms with Crippen LogP contribution in [0.5, 0.6) is 0 Å². The second-order valence-corrected chi connectivity index (χ2v) is 3.46. The minimum Gasteiger partial charge on any atom is -0.480 e. The van der Waals surface area contributed by atoms with Crippen LogP contribution in [0.4, 0.5) is 0 Å². The van der Waals surface area contributed by atoms with E-state index >= 15 is 0 Å². The highest BCUT2D eigenvalue weighted by molar-refractivity contribution is 5.79. The standard InChI is InChI=1S/C8H15NO3/c9-8(7(11)12)5-3-1-2-4-6(8)10/h6,10H,1-5,9H2,(H,11,12)/t6-,8+/m0/s1. The Balaban J connectivity index is 2.75. The molecular weight excluding hydrogens is 158 g/mol. The zero-order valence-corrected chi connectivity index (χ0v) is 6.99. The maximum Gasteiger partial charge on any atom is 0.326 e. The fourth-order valence-electron chi connectivity index (χ4n) is 1.61. The maximum absolute atomic E-state index is 10.8. The Hall–Kier alpha value is -0.610. The lowest BCUT2D eigenvalue weighted by molar-refractivity contribution is -0.148. The molecule has 1 aliphatic carbocycles. The Kier molecular flexibility index (Phi) is 2.69. The van der Waals surface area contributed by atoms with E-state index in [1.165, 1.54) is 0 Å². The third-order valence-electron chi connectivity index (χ3n) is 2.56. The molecule has 1 aliphatic rings. The van der Waals surface area contributed by atoms with Crippen molar-refractivity contribution in [1.82, 2.24) is 0 Å². The normalized spacial score (nSPS) is 37.3. The maximum atomic E-state index is 10.8. The van der Waals surface area contributed by atoms with Crippen LogP contribution in [0.25, 0.3) is 0 Å². The molecule has 0 aromatic heterocycles. The van der Waals surface area contributed by atoms with Gasteiger partial charge in [-0.25, -0.2) is 0 Å². The summed E-state index contributed by atoms with van der Waals surface area (Å²) in [6, 6.07) is 0. The minimum atomic E-state index is -1.41. The average molecular weight is 173 g/mol. The lowest BCUT2D eigenvalue weighted by Crippen LogP contribution is -2.56. The summed E-state index contributed by atoms with van der Waals surface area (Å²) in [4.78, 5) is 10.8. The van der Waals surface area contributed by atoms with Crippen LogP contribution in [0, 0.1) is 0 Å². The van der Waals surface area contributed by atoms with Crippen LogP contribution >= 0.6 is 0 Å². The van der Waals surface area contributed by atoms with Crippen molar-refractivity contribution in [2.75, 3.05) is 0 Å². The summed E-state index contributed by atoms with van der Waals surface area (Å²) in [6.45, 7) is 0. The number of carbonyl (C=O) groups is 1. The highest BCUT2D eigenvalue weighted by atomic mass is 16.4. The van der Waals surface area contributed by atoms with Gasteiger partial charge in [0.25, 0.3) is 0 Å². The monoisotopic (exact) mass is 173 g/mol. The number of aliphatic carboxylic acids is 1. The molecule has 1 fully saturated rings. The Bertz CT molecular complexity index is 183. The van der Waals surface area contributed by atoms with Crippen molar-refractivity contribution >= 4 is 5.97 Å². The van der Waals surface area contributed by atoms with Crippen LogP contribution in [0.2, 0.25) is 0 Å². The Morgan fingerprint density at radius 3 is 2.67 bits per heavy atom. The smallest absolute Gasteiger partial charge is 0.326 e. The molecular formula is C8H15NO3. The fourth-order valence-corrected chi connectivity index (χ4v) is 1.61. The number of hydrogen-bond donors (Lipinski definition) is 3. The van der Waals surface area contributed by atoms with Gasteiger partial charge in [0.15, 0.2) is 0 Å². The zero-order chi connectivity index (χ0) is 9.19. The van der Waals surface area contributed by atoms with E-state index < -0.39 is 17.6 Å². The molecule has 0 radical (unpaired) electrons. The summed E-state index contributed by atoms with van der Waals surface area (Å²) >= 11 is 0. The molecule has 4 N–H and O–H groups in total. The van der Waals surface area contributed by atoms with Crippen molar-refractivity contribution in [2.24, 2.45) is 5.73 Å². The largest absolute Gasteiger partial charge is 0.480 e. The number of aliphatic hydroxyl groups excluding tert-OH is 1. The van der Waals surface area contributed by atoms with Crippen LogP contribution in [-0.4, -0.2) is 27.8 Å². The predicted molar refractivity (Wildman–Crippen MR) is 43.6 cm³/mol. The Morgan fingerprint density at radius 2 is 2.08 bits per heavy atom. The number of aliphatic hydroxyl groups is 1. The average Bonchev–Trinajstić information content (AvgIpc) is 2.16.